The first kappa shape index (κ1) is 23.9. The maximum Gasteiger partial charge on any atom is 0.273 e. The predicted octanol–water partition coefficient (Wildman–Crippen LogP) is 4.09. The number of morpholine rings is 1. The van der Waals surface area contributed by atoms with Gasteiger partial charge in [0.15, 0.2) is 0 Å². The van der Waals surface area contributed by atoms with Crippen molar-refractivity contribution >= 4 is 23.2 Å². The summed E-state index contributed by atoms with van der Waals surface area (Å²) in [6, 6.07) is 17.4. The molecule has 0 saturated carbocycles. The van der Waals surface area contributed by atoms with E-state index in [9.17, 15) is 4.79 Å². The summed E-state index contributed by atoms with van der Waals surface area (Å²) in [5.74, 6) is 0.377. The number of carbonyl (C=O) groups is 1. The van der Waals surface area contributed by atoms with Crippen LogP contribution in [-0.4, -0.2) is 75.6 Å². The minimum atomic E-state index is -0.0643. The monoisotopic (exact) mass is 517 g/mol. The van der Waals surface area contributed by atoms with Gasteiger partial charge in [-0.15, -0.1) is 0 Å². The quantitative estimate of drug-likeness (QED) is 0.397. The number of rotatable bonds is 5. The largest absolute Gasteiger partial charge is 0.481 e. The summed E-state index contributed by atoms with van der Waals surface area (Å²) >= 11 is 6.15. The van der Waals surface area contributed by atoms with Gasteiger partial charge in [0.25, 0.3) is 5.91 Å². The minimum absolute atomic E-state index is 0.0639. The van der Waals surface area contributed by atoms with Gasteiger partial charge in [-0.2, -0.15) is 0 Å². The maximum atomic E-state index is 13.7. The summed E-state index contributed by atoms with van der Waals surface area (Å²) in [6.45, 7) is 5.01. The molecule has 2 atom stereocenters. The fraction of sp³-hybridized carbons (Fsp3) is 0.321. The third-order valence-electron chi connectivity index (χ3n) is 7.18. The lowest BCUT2D eigenvalue weighted by Gasteiger charge is -2.49. The number of nitrogens with zero attached hydrogens (tertiary/aromatic N) is 5. The molecule has 5 heterocycles. The molecule has 37 heavy (non-hydrogen) atoms. The number of aromatic nitrogens is 3. The lowest BCUT2D eigenvalue weighted by Crippen LogP contribution is -2.66. The van der Waals surface area contributed by atoms with Crippen LogP contribution in [0.5, 0.6) is 5.88 Å². The Balaban J connectivity index is 1.29. The molecular formula is C28H28ClN5O3. The second-order valence-corrected chi connectivity index (χ2v) is 10.1. The second kappa shape index (κ2) is 9.78. The van der Waals surface area contributed by atoms with Crippen molar-refractivity contribution in [3.05, 3.63) is 82.8 Å². The molecule has 0 radical (unpaired) electrons. The first-order valence-electron chi connectivity index (χ1n) is 12.4. The topological polar surface area (TPSA) is 72.2 Å². The zero-order chi connectivity index (χ0) is 25.5. The molecule has 0 aliphatic carbocycles. The predicted molar refractivity (Wildman–Crippen MR) is 141 cm³/mol. The average molecular weight is 518 g/mol. The summed E-state index contributed by atoms with van der Waals surface area (Å²) in [4.78, 5) is 27.5. The van der Waals surface area contributed by atoms with E-state index in [0.29, 0.717) is 49.4 Å². The standard InChI is InChI=1S/C28H28ClN5O3/c1-18-6-11-25(36-2)31-26(18)28(35)34-21-13-32(14-22(34)17-37-16-21)15-23-27(19-7-9-20(29)10-8-19)30-24-5-3-4-12-33(23)24/h3-12,21-22H,13-17H2,1-2H3. The molecule has 1 aromatic carbocycles. The van der Waals surface area contributed by atoms with Crippen LogP contribution in [-0.2, 0) is 11.3 Å². The number of fused-ring (bicyclic) bond motifs is 3. The van der Waals surface area contributed by atoms with Gasteiger partial charge in [0.2, 0.25) is 5.88 Å². The third-order valence-corrected chi connectivity index (χ3v) is 7.43. The number of hydrogen-bond acceptors (Lipinski definition) is 6. The number of methoxy groups -OCH3 is 1. The number of carbonyl (C=O) groups excluding carboxylic acids is 1. The molecule has 8 nitrogen and oxygen atoms in total. The second-order valence-electron chi connectivity index (χ2n) is 9.61. The van der Waals surface area contributed by atoms with Gasteiger partial charge < -0.3 is 18.8 Å². The number of hydrogen-bond donors (Lipinski definition) is 0. The Morgan fingerprint density at radius 3 is 2.54 bits per heavy atom. The molecule has 0 N–H and O–H groups in total. The van der Waals surface area contributed by atoms with Crippen LogP contribution in [0.25, 0.3) is 16.9 Å². The maximum absolute atomic E-state index is 13.7. The van der Waals surface area contributed by atoms with Gasteiger partial charge in [-0.1, -0.05) is 35.9 Å². The highest BCUT2D eigenvalue weighted by Crippen LogP contribution is 2.30. The van der Waals surface area contributed by atoms with Gasteiger partial charge in [-0.3, -0.25) is 9.69 Å². The van der Waals surface area contributed by atoms with Gasteiger partial charge in [-0.05, 0) is 36.8 Å². The van der Waals surface area contributed by atoms with Crippen molar-refractivity contribution in [1.82, 2.24) is 24.2 Å². The van der Waals surface area contributed by atoms with Crippen LogP contribution in [0.1, 0.15) is 21.7 Å². The van der Waals surface area contributed by atoms with E-state index in [4.69, 9.17) is 26.1 Å². The zero-order valence-corrected chi connectivity index (χ0v) is 21.6. The van der Waals surface area contributed by atoms with E-state index < -0.39 is 0 Å². The molecule has 0 spiro atoms. The lowest BCUT2D eigenvalue weighted by atomic mass is 10.0. The van der Waals surface area contributed by atoms with E-state index in [0.717, 1.165) is 28.2 Å². The van der Waals surface area contributed by atoms with Crippen LogP contribution >= 0.6 is 11.6 Å². The van der Waals surface area contributed by atoms with Crippen LogP contribution in [0, 0.1) is 6.92 Å². The Bertz CT molecular complexity index is 1440. The number of ether oxygens (including phenoxy) is 2. The highest BCUT2D eigenvalue weighted by Gasteiger charge is 2.42. The molecule has 3 aromatic heterocycles. The van der Waals surface area contributed by atoms with E-state index >= 15 is 0 Å². The smallest absolute Gasteiger partial charge is 0.273 e. The first-order chi connectivity index (χ1) is 18.0. The normalized spacial score (nSPS) is 19.8. The van der Waals surface area contributed by atoms with Crippen molar-refractivity contribution in [2.45, 2.75) is 25.6 Å². The fourth-order valence-electron chi connectivity index (χ4n) is 5.42. The van der Waals surface area contributed by atoms with E-state index in [1.165, 1.54) is 0 Å². The Kier molecular flexibility index (Phi) is 6.32. The van der Waals surface area contributed by atoms with Crippen LogP contribution in [0.3, 0.4) is 0 Å². The third kappa shape index (κ3) is 4.45. The summed E-state index contributed by atoms with van der Waals surface area (Å²) < 4.78 is 13.3. The Hall–Kier alpha value is -3.46. The molecule has 2 bridgehead atoms. The Morgan fingerprint density at radius 2 is 1.81 bits per heavy atom. The highest BCUT2D eigenvalue weighted by atomic mass is 35.5. The summed E-state index contributed by atoms with van der Waals surface area (Å²) in [5, 5.41) is 0.698. The molecular weight excluding hydrogens is 490 g/mol. The number of halogens is 1. The lowest BCUT2D eigenvalue weighted by molar-refractivity contribution is -0.0818. The number of aryl methyl sites for hydroxylation is 1. The molecule has 9 heteroatoms. The average Bonchev–Trinajstić information content (AvgIpc) is 3.27. The van der Waals surface area contributed by atoms with Crippen LogP contribution < -0.4 is 4.74 Å². The van der Waals surface area contributed by atoms with E-state index in [1.54, 1.807) is 13.2 Å². The summed E-state index contributed by atoms with van der Waals surface area (Å²) in [7, 11) is 1.56. The molecule has 4 aromatic rings. The molecule has 6 rings (SSSR count). The number of piperazine rings is 1. The van der Waals surface area contributed by atoms with Crippen molar-refractivity contribution in [3.63, 3.8) is 0 Å². The Labute approximate surface area is 220 Å². The van der Waals surface area contributed by atoms with Gasteiger partial charge in [-0.25, -0.2) is 9.97 Å². The molecule has 2 aliphatic heterocycles. The number of amides is 1. The zero-order valence-electron chi connectivity index (χ0n) is 20.8. The highest BCUT2D eigenvalue weighted by molar-refractivity contribution is 6.30. The van der Waals surface area contributed by atoms with Gasteiger partial charge in [0, 0.05) is 42.5 Å². The van der Waals surface area contributed by atoms with E-state index in [2.05, 4.69) is 20.5 Å². The van der Waals surface area contributed by atoms with Crippen molar-refractivity contribution in [2.75, 3.05) is 33.4 Å². The minimum Gasteiger partial charge on any atom is -0.481 e. The SMILES string of the molecule is COc1ccc(C)c(C(=O)N2C3COCC2CN(Cc2c(-c4ccc(Cl)cc4)nc4ccccn24)C3)n1. The fourth-order valence-corrected chi connectivity index (χ4v) is 5.55. The molecule has 1 amide bonds. The van der Waals surface area contributed by atoms with Crippen molar-refractivity contribution in [1.29, 1.82) is 0 Å². The molecule has 2 unspecified atom stereocenters. The van der Waals surface area contributed by atoms with Crippen LogP contribution in [0.15, 0.2) is 60.8 Å². The first-order valence-corrected chi connectivity index (χ1v) is 12.8. The summed E-state index contributed by atoms with van der Waals surface area (Å²) in [6.07, 6.45) is 2.05. The molecule has 2 aliphatic rings. The molecule has 2 saturated heterocycles. The van der Waals surface area contributed by atoms with Gasteiger partial charge >= 0.3 is 0 Å². The van der Waals surface area contributed by atoms with Gasteiger partial charge in [0.1, 0.15) is 11.3 Å². The summed E-state index contributed by atoms with van der Waals surface area (Å²) in [5.41, 5.74) is 5.27. The molecule has 2 fully saturated rings. The number of imidazole rings is 1. The van der Waals surface area contributed by atoms with Crippen molar-refractivity contribution in [2.24, 2.45) is 0 Å². The number of benzene rings is 1. The number of pyridine rings is 2. The molecule has 190 valence electrons. The van der Waals surface area contributed by atoms with Gasteiger partial charge in [0.05, 0.1) is 43.8 Å². The van der Waals surface area contributed by atoms with Crippen molar-refractivity contribution < 1.29 is 14.3 Å². The van der Waals surface area contributed by atoms with E-state index in [-0.39, 0.29) is 18.0 Å². The van der Waals surface area contributed by atoms with Crippen molar-refractivity contribution in [3.8, 4) is 17.1 Å². The Morgan fingerprint density at radius 1 is 1.05 bits per heavy atom. The van der Waals surface area contributed by atoms with E-state index in [1.807, 2.05) is 60.4 Å². The van der Waals surface area contributed by atoms with Crippen LogP contribution in [0.2, 0.25) is 5.02 Å². The van der Waals surface area contributed by atoms with Crippen LogP contribution in [0.4, 0.5) is 0 Å².